The Balaban J connectivity index is 1.72. The first kappa shape index (κ1) is 15.6. The van der Waals surface area contributed by atoms with Gasteiger partial charge in [-0.25, -0.2) is 15.0 Å². The second-order valence-corrected chi connectivity index (χ2v) is 6.13. The molecular formula is C19H15ClN4O. The molecule has 0 bridgehead atoms. The lowest BCUT2D eigenvalue weighted by atomic mass is 10.0. The molecule has 25 heavy (non-hydrogen) atoms. The fraction of sp³-hybridized carbons (Fsp3) is 0.105. The first-order valence-corrected chi connectivity index (χ1v) is 8.19. The molecule has 0 aliphatic rings. The molecule has 0 aliphatic carbocycles. The van der Waals surface area contributed by atoms with Crippen LogP contribution in [0.3, 0.4) is 0 Å². The van der Waals surface area contributed by atoms with Gasteiger partial charge < -0.3 is 9.72 Å². The van der Waals surface area contributed by atoms with Crippen molar-refractivity contribution in [3.8, 4) is 22.8 Å². The van der Waals surface area contributed by atoms with E-state index in [0.717, 1.165) is 33.4 Å². The maximum Gasteiger partial charge on any atom is 0.228 e. The number of rotatable bonds is 3. The molecule has 0 fully saturated rings. The van der Waals surface area contributed by atoms with Crippen molar-refractivity contribution < 1.29 is 4.74 Å². The van der Waals surface area contributed by atoms with E-state index in [-0.39, 0.29) is 0 Å². The highest BCUT2D eigenvalue weighted by atomic mass is 35.5. The molecule has 4 aromatic rings. The molecule has 3 heterocycles. The van der Waals surface area contributed by atoms with Gasteiger partial charge >= 0.3 is 0 Å². The van der Waals surface area contributed by atoms with Crippen molar-refractivity contribution >= 4 is 22.5 Å². The van der Waals surface area contributed by atoms with E-state index in [1.807, 2.05) is 44.3 Å². The second-order valence-electron chi connectivity index (χ2n) is 5.72. The van der Waals surface area contributed by atoms with Gasteiger partial charge in [0.25, 0.3) is 0 Å². The lowest BCUT2D eigenvalue weighted by Crippen LogP contribution is -1.95. The Morgan fingerprint density at radius 3 is 2.56 bits per heavy atom. The summed E-state index contributed by atoms with van der Waals surface area (Å²) in [6, 6.07) is 9.42. The largest absolute Gasteiger partial charge is 0.438 e. The molecule has 1 aromatic carbocycles. The highest BCUT2D eigenvalue weighted by Crippen LogP contribution is 2.35. The number of halogens is 1. The minimum Gasteiger partial charge on any atom is -0.438 e. The van der Waals surface area contributed by atoms with Crippen molar-refractivity contribution in [2.45, 2.75) is 13.8 Å². The molecule has 3 aromatic heterocycles. The van der Waals surface area contributed by atoms with Crippen LogP contribution in [0.5, 0.6) is 11.6 Å². The number of aryl methyl sites for hydroxylation is 2. The normalized spacial score (nSPS) is 11.0. The summed E-state index contributed by atoms with van der Waals surface area (Å²) in [4.78, 5) is 16.0. The molecule has 0 amide bonds. The zero-order valence-electron chi connectivity index (χ0n) is 13.7. The monoisotopic (exact) mass is 350 g/mol. The van der Waals surface area contributed by atoms with Crippen molar-refractivity contribution in [2.24, 2.45) is 0 Å². The van der Waals surface area contributed by atoms with Gasteiger partial charge in [0.1, 0.15) is 12.1 Å². The van der Waals surface area contributed by atoms with Gasteiger partial charge in [0.2, 0.25) is 5.88 Å². The van der Waals surface area contributed by atoms with Gasteiger partial charge in [0.15, 0.2) is 0 Å². The van der Waals surface area contributed by atoms with Crippen LogP contribution in [0.2, 0.25) is 5.02 Å². The predicted molar refractivity (Wildman–Crippen MR) is 98.1 cm³/mol. The number of nitrogens with one attached hydrogen (secondary N) is 1. The van der Waals surface area contributed by atoms with Crippen LogP contribution in [-0.4, -0.2) is 19.9 Å². The number of pyridine rings is 1. The van der Waals surface area contributed by atoms with Gasteiger partial charge in [-0.15, -0.1) is 0 Å². The van der Waals surface area contributed by atoms with Crippen LogP contribution in [0, 0.1) is 13.8 Å². The number of H-pyrrole nitrogens is 1. The van der Waals surface area contributed by atoms with E-state index >= 15 is 0 Å². The zero-order valence-corrected chi connectivity index (χ0v) is 14.5. The molecule has 124 valence electrons. The minimum atomic E-state index is 0.540. The van der Waals surface area contributed by atoms with E-state index < -0.39 is 0 Å². The molecule has 4 rings (SSSR count). The Kier molecular flexibility index (Phi) is 3.86. The van der Waals surface area contributed by atoms with Crippen molar-refractivity contribution in [1.82, 2.24) is 19.9 Å². The molecule has 0 radical (unpaired) electrons. The number of nitrogens with zero attached hydrogens (tertiary/aromatic N) is 3. The molecule has 0 aliphatic heterocycles. The van der Waals surface area contributed by atoms with E-state index in [0.29, 0.717) is 16.7 Å². The van der Waals surface area contributed by atoms with E-state index in [1.54, 1.807) is 18.6 Å². The number of fused-ring (bicyclic) bond motifs is 1. The Hall–Kier alpha value is -2.92. The average Bonchev–Trinajstić information content (AvgIpc) is 3.06. The molecular weight excluding hydrogens is 336 g/mol. The maximum absolute atomic E-state index is 6.51. The predicted octanol–water partition coefficient (Wildman–Crippen LogP) is 5.08. The Morgan fingerprint density at radius 1 is 1.00 bits per heavy atom. The SMILES string of the molecule is Cc1ncnc(C)c1-c1ccc(Oc2nccc3[nH]ccc23)cc1Cl. The average molecular weight is 351 g/mol. The first-order valence-electron chi connectivity index (χ1n) is 7.81. The number of aromatic nitrogens is 4. The van der Waals surface area contributed by atoms with Crippen molar-refractivity contribution in [3.05, 3.63) is 65.5 Å². The van der Waals surface area contributed by atoms with Crippen LogP contribution in [-0.2, 0) is 0 Å². The van der Waals surface area contributed by atoms with Crippen LogP contribution in [0.4, 0.5) is 0 Å². The van der Waals surface area contributed by atoms with Crippen LogP contribution in [0.25, 0.3) is 22.0 Å². The second kappa shape index (κ2) is 6.18. The van der Waals surface area contributed by atoms with Gasteiger partial charge in [-0.3, -0.25) is 0 Å². The van der Waals surface area contributed by atoms with Crippen molar-refractivity contribution in [3.63, 3.8) is 0 Å². The van der Waals surface area contributed by atoms with Gasteiger partial charge in [-0.1, -0.05) is 11.6 Å². The number of aromatic amines is 1. The Morgan fingerprint density at radius 2 is 1.80 bits per heavy atom. The first-order chi connectivity index (χ1) is 12.1. The summed E-state index contributed by atoms with van der Waals surface area (Å²) >= 11 is 6.51. The highest BCUT2D eigenvalue weighted by Gasteiger charge is 2.13. The summed E-state index contributed by atoms with van der Waals surface area (Å²) in [5, 5.41) is 1.51. The maximum atomic E-state index is 6.51. The third kappa shape index (κ3) is 2.83. The van der Waals surface area contributed by atoms with Gasteiger partial charge in [-0.05, 0) is 38.1 Å². The van der Waals surface area contributed by atoms with E-state index in [4.69, 9.17) is 16.3 Å². The summed E-state index contributed by atoms with van der Waals surface area (Å²) in [5.41, 5.74) is 4.59. The quantitative estimate of drug-likeness (QED) is 0.559. The zero-order chi connectivity index (χ0) is 17.4. The minimum absolute atomic E-state index is 0.540. The lowest BCUT2D eigenvalue weighted by Gasteiger charge is -2.12. The lowest BCUT2D eigenvalue weighted by molar-refractivity contribution is 0.469. The molecule has 0 atom stereocenters. The smallest absolute Gasteiger partial charge is 0.228 e. The molecule has 0 spiro atoms. The number of hydrogen-bond donors (Lipinski definition) is 1. The topological polar surface area (TPSA) is 63.7 Å². The summed E-state index contributed by atoms with van der Waals surface area (Å²) in [5.74, 6) is 1.17. The molecule has 6 heteroatoms. The molecule has 5 nitrogen and oxygen atoms in total. The standard InChI is InChI=1S/C19H15ClN4O/c1-11-18(12(2)24-10-23-11)14-4-3-13(9-16(14)20)25-19-15-5-7-21-17(15)6-8-22-19/h3-10,21H,1-2H3. The Bertz CT molecular complexity index is 1050. The highest BCUT2D eigenvalue weighted by molar-refractivity contribution is 6.33. The number of ether oxygens (including phenoxy) is 1. The molecule has 0 saturated carbocycles. The van der Waals surface area contributed by atoms with E-state index in [9.17, 15) is 0 Å². The van der Waals surface area contributed by atoms with Gasteiger partial charge in [0, 0.05) is 41.0 Å². The van der Waals surface area contributed by atoms with Crippen LogP contribution in [0.15, 0.2) is 49.1 Å². The number of benzene rings is 1. The molecule has 0 unspecified atom stereocenters. The summed E-state index contributed by atoms with van der Waals surface area (Å²) in [6.45, 7) is 3.89. The van der Waals surface area contributed by atoms with Gasteiger partial charge in [-0.2, -0.15) is 0 Å². The summed E-state index contributed by atoms with van der Waals surface area (Å²) < 4.78 is 5.94. The third-order valence-electron chi connectivity index (χ3n) is 4.09. The van der Waals surface area contributed by atoms with Gasteiger partial charge in [0.05, 0.1) is 15.9 Å². The van der Waals surface area contributed by atoms with E-state index in [2.05, 4.69) is 19.9 Å². The van der Waals surface area contributed by atoms with Crippen molar-refractivity contribution in [2.75, 3.05) is 0 Å². The fourth-order valence-electron chi connectivity index (χ4n) is 2.89. The van der Waals surface area contributed by atoms with Crippen molar-refractivity contribution in [1.29, 1.82) is 0 Å². The third-order valence-corrected chi connectivity index (χ3v) is 4.41. The molecule has 1 N–H and O–H groups in total. The van der Waals surface area contributed by atoms with Crippen LogP contribution in [0.1, 0.15) is 11.4 Å². The fourth-order valence-corrected chi connectivity index (χ4v) is 3.16. The van der Waals surface area contributed by atoms with E-state index in [1.165, 1.54) is 0 Å². The van der Waals surface area contributed by atoms with Crippen LogP contribution >= 0.6 is 11.6 Å². The summed E-state index contributed by atoms with van der Waals surface area (Å²) in [6.07, 6.45) is 5.12. The van der Waals surface area contributed by atoms with Crippen LogP contribution < -0.4 is 4.74 Å². The molecule has 0 saturated heterocycles. The Labute approximate surface area is 149 Å². The summed E-state index contributed by atoms with van der Waals surface area (Å²) in [7, 11) is 0. The number of hydrogen-bond acceptors (Lipinski definition) is 4.